The number of carbonyl (C=O) groups is 6. The standard InChI is InChI=1S/C24H34O16/c1-10(25)32-8-17-20(16(34-12(3)27)7-19(31)38-17)40-24-23(37-15(6)30)22(36-14(5)29)21(35-13(4)28)18(39-24)9-33-11(2)26/h16-24,31H,7-9H2,1-6H3/t16?,17?,18?,19?,20-,21+,22?,23+,24+/m0/s1. The number of ether oxygens (including phenoxy) is 9. The molecule has 2 fully saturated rings. The minimum atomic E-state index is -1.64. The van der Waals surface area contributed by atoms with E-state index in [1.165, 1.54) is 0 Å². The molecule has 0 aromatic heterocycles. The molecule has 2 aliphatic heterocycles. The van der Waals surface area contributed by atoms with Crippen LogP contribution in [-0.4, -0.2) is 109 Å². The second kappa shape index (κ2) is 14.9. The SMILES string of the molecule is CC(=O)OCC1OC(O)CC(OC(C)=O)[C@@H]1O[C@H]1OC(COC(C)=O)[C@@H](OC(C)=O)C(OC(C)=O)[C@H]1OC(C)=O. The van der Waals surface area contributed by atoms with Crippen molar-refractivity contribution in [3.63, 3.8) is 0 Å². The molecule has 16 heteroatoms. The largest absolute Gasteiger partial charge is 0.463 e. The molecular weight excluding hydrogens is 544 g/mol. The zero-order chi connectivity index (χ0) is 30.1. The summed E-state index contributed by atoms with van der Waals surface area (Å²) in [7, 11) is 0. The quantitative estimate of drug-likeness (QED) is 0.245. The van der Waals surface area contributed by atoms with Crippen LogP contribution in [0.1, 0.15) is 48.0 Å². The maximum absolute atomic E-state index is 12.1. The molecule has 2 aliphatic rings. The highest BCUT2D eigenvalue weighted by atomic mass is 16.8. The van der Waals surface area contributed by atoms with Gasteiger partial charge in [-0.2, -0.15) is 0 Å². The third-order valence-corrected chi connectivity index (χ3v) is 5.51. The monoisotopic (exact) mass is 578 g/mol. The van der Waals surface area contributed by atoms with E-state index in [0.29, 0.717) is 0 Å². The number of carbonyl (C=O) groups excluding carboxylic acids is 6. The number of esters is 6. The van der Waals surface area contributed by atoms with Gasteiger partial charge in [0.25, 0.3) is 0 Å². The lowest BCUT2D eigenvalue weighted by molar-refractivity contribution is -0.344. The van der Waals surface area contributed by atoms with Crippen LogP contribution in [0.15, 0.2) is 0 Å². The highest BCUT2D eigenvalue weighted by Gasteiger charge is 2.55. The van der Waals surface area contributed by atoms with Crippen LogP contribution < -0.4 is 0 Å². The van der Waals surface area contributed by atoms with Gasteiger partial charge in [0.2, 0.25) is 0 Å². The molecule has 40 heavy (non-hydrogen) atoms. The topological polar surface area (TPSA) is 206 Å². The molecule has 0 aromatic rings. The van der Waals surface area contributed by atoms with E-state index in [9.17, 15) is 33.9 Å². The van der Waals surface area contributed by atoms with Gasteiger partial charge in [0, 0.05) is 48.0 Å². The van der Waals surface area contributed by atoms with Crippen molar-refractivity contribution >= 4 is 35.8 Å². The van der Waals surface area contributed by atoms with Gasteiger partial charge in [-0.15, -0.1) is 0 Å². The van der Waals surface area contributed by atoms with Gasteiger partial charge < -0.3 is 47.7 Å². The zero-order valence-corrected chi connectivity index (χ0v) is 22.9. The van der Waals surface area contributed by atoms with E-state index in [2.05, 4.69) is 0 Å². The second-order valence-corrected chi connectivity index (χ2v) is 8.98. The van der Waals surface area contributed by atoms with Crippen LogP contribution in [0.25, 0.3) is 0 Å². The van der Waals surface area contributed by atoms with Crippen LogP contribution in [0.3, 0.4) is 0 Å². The molecular formula is C24H34O16. The Morgan fingerprint density at radius 1 is 0.600 bits per heavy atom. The van der Waals surface area contributed by atoms with Crippen LogP contribution in [-0.2, 0) is 71.4 Å². The first-order valence-corrected chi connectivity index (χ1v) is 12.3. The van der Waals surface area contributed by atoms with E-state index in [-0.39, 0.29) is 6.42 Å². The van der Waals surface area contributed by atoms with E-state index in [0.717, 1.165) is 41.5 Å². The first-order valence-electron chi connectivity index (χ1n) is 12.3. The summed E-state index contributed by atoms with van der Waals surface area (Å²) in [5.74, 6) is -4.65. The van der Waals surface area contributed by atoms with E-state index >= 15 is 0 Å². The average Bonchev–Trinajstić information content (AvgIpc) is 2.80. The van der Waals surface area contributed by atoms with Gasteiger partial charge in [0.05, 0.1) is 0 Å². The Morgan fingerprint density at radius 2 is 1.05 bits per heavy atom. The number of aliphatic hydroxyl groups excluding tert-OH is 1. The van der Waals surface area contributed by atoms with E-state index < -0.39 is 104 Å². The summed E-state index contributed by atoms with van der Waals surface area (Å²) in [5, 5.41) is 10.2. The molecule has 5 unspecified atom stereocenters. The Bertz CT molecular complexity index is 949. The number of hydrogen-bond donors (Lipinski definition) is 1. The lowest BCUT2D eigenvalue weighted by Crippen LogP contribution is -2.65. The van der Waals surface area contributed by atoms with Gasteiger partial charge in [-0.25, -0.2) is 0 Å². The molecule has 0 aromatic carbocycles. The smallest absolute Gasteiger partial charge is 0.303 e. The molecule has 2 heterocycles. The van der Waals surface area contributed by atoms with Crippen molar-refractivity contribution in [1.82, 2.24) is 0 Å². The first kappa shape index (κ1) is 32.9. The molecule has 16 nitrogen and oxygen atoms in total. The van der Waals surface area contributed by atoms with E-state index in [1.807, 2.05) is 0 Å². The van der Waals surface area contributed by atoms with Crippen molar-refractivity contribution in [1.29, 1.82) is 0 Å². The Hall–Kier alpha value is -3.34. The summed E-state index contributed by atoms with van der Waals surface area (Å²) in [6, 6.07) is 0. The minimum absolute atomic E-state index is 0.258. The zero-order valence-electron chi connectivity index (χ0n) is 22.9. The fraction of sp³-hybridized carbons (Fsp3) is 0.750. The van der Waals surface area contributed by atoms with Crippen LogP contribution in [0.2, 0.25) is 0 Å². The second-order valence-electron chi connectivity index (χ2n) is 8.98. The summed E-state index contributed by atoms with van der Waals surface area (Å²) in [6.07, 6.45) is -12.8. The number of rotatable bonds is 10. The third kappa shape index (κ3) is 10.0. The summed E-state index contributed by atoms with van der Waals surface area (Å²) in [4.78, 5) is 70.8. The van der Waals surface area contributed by atoms with Gasteiger partial charge in [0.1, 0.15) is 37.6 Å². The maximum atomic E-state index is 12.1. The molecule has 0 bridgehead atoms. The Morgan fingerprint density at radius 3 is 1.52 bits per heavy atom. The maximum Gasteiger partial charge on any atom is 0.303 e. The van der Waals surface area contributed by atoms with Crippen molar-refractivity contribution in [3.05, 3.63) is 0 Å². The summed E-state index contributed by atoms with van der Waals surface area (Å²) >= 11 is 0. The van der Waals surface area contributed by atoms with Crippen molar-refractivity contribution in [2.75, 3.05) is 13.2 Å². The van der Waals surface area contributed by atoms with Crippen molar-refractivity contribution in [3.8, 4) is 0 Å². The molecule has 0 aliphatic carbocycles. The van der Waals surface area contributed by atoms with Crippen LogP contribution in [0.5, 0.6) is 0 Å². The van der Waals surface area contributed by atoms with Crippen LogP contribution >= 0.6 is 0 Å². The number of aliphatic hydroxyl groups is 1. The predicted molar refractivity (Wildman–Crippen MR) is 125 cm³/mol. The van der Waals surface area contributed by atoms with Crippen molar-refractivity contribution < 1.29 is 76.5 Å². The minimum Gasteiger partial charge on any atom is -0.463 e. The van der Waals surface area contributed by atoms with E-state index in [1.54, 1.807) is 0 Å². The molecule has 2 saturated heterocycles. The lowest BCUT2D eigenvalue weighted by atomic mass is 9.97. The Balaban J connectivity index is 2.54. The molecule has 9 atom stereocenters. The normalized spacial score (nSPS) is 31.7. The van der Waals surface area contributed by atoms with Crippen molar-refractivity contribution in [2.24, 2.45) is 0 Å². The number of hydrogen-bond acceptors (Lipinski definition) is 16. The van der Waals surface area contributed by atoms with Gasteiger partial charge in [-0.3, -0.25) is 28.8 Å². The molecule has 0 spiro atoms. The van der Waals surface area contributed by atoms with E-state index in [4.69, 9.17) is 42.6 Å². The highest BCUT2D eigenvalue weighted by molar-refractivity contribution is 5.69. The summed E-state index contributed by atoms with van der Waals surface area (Å²) in [6.45, 7) is 5.62. The van der Waals surface area contributed by atoms with Gasteiger partial charge in [-0.1, -0.05) is 0 Å². The molecule has 2 rings (SSSR count). The van der Waals surface area contributed by atoms with Crippen LogP contribution in [0, 0.1) is 0 Å². The lowest BCUT2D eigenvalue weighted by Gasteiger charge is -2.47. The van der Waals surface area contributed by atoms with Crippen LogP contribution in [0.4, 0.5) is 0 Å². The molecule has 0 radical (unpaired) electrons. The summed E-state index contributed by atoms with van der Waals surface area (Å²) in [5.41, 5.74) is 0. The van der Waals surface area contributed by atoms with Crippen molar-refractivity contribution in [2.45, 2.75) is 103 Å². The highest BCUT2D eigenvalue weighted by Crippen LogP contribution is 2.34. The fourth-order valence-corrected chi connectivity index (χ4v) is 4.20. The van der Waals surface area contributed by atoms with Gasteiger partial charge >= 0.3 is 35.8 Å². The van der Waals surface area contributed by atoms with Gasteiger partial charge in [-0.05, 0) is 0 Å². The average molecular weight is 579 g/mol. The molecule has 0 amide bonds. The molecule has 226 valence electrons. The Labute approximate surface area is 229 Å². The Kier molecular flexibility index (Phi) is 12.2. The molecule has 0 saturated carbocycles. The fourth-order valence-electron chi connectivity index (χ4n) is 4.20. The first-order chi connectivity index (χ1) is 18.7. The molecule has 1 N–H and O–H groups in total. The third-order valence-electron chi connectivity index (χ3n) is 5.51. The van der Waals surface area contributed by atoms with Gasteiger partial charge in [0.15, 0.2) is 30.9 Å². The predicted octanol–water partition coefficient (Wildman–Crippen LogP) is -0.943. The summed E-state index contributed by atoms with van der Waals surface area (Å²) < 4.78 is 48.9.